The molecule has 0 saturated carbocycles. The summed E-state index contributed by atoms with van der Waals surface area (Å²) in [6.45, 7) is 7.02. The van der Waals surface area contributed by atoms with E-state index < -0.39 is 6.36 Å². The zero-order valence-corrected chi connectivity index (χ0v) is 16.9. The lowest BCUT2D eigenvalue weighted by Crippen LogP contribution is -2.45. The molecule has 0 aromatic heterocycles. The fraction of sp³-hybridized carbons (Fsp3) is 0.556. The van der Waals surface area contributed by atoms with E-state index in [1.807, 2.05) is 6.08 Å². The number of hydrogen-bond acceptors (Lipinski definition) is 3. The highest BCUT2D eigenvalue weighted by molar-refractivity contribution is 9.10. The molecule has 1 aliphatic heterocycles. The molecule has 26 heavy (non-hydrogen) atoms. The maximum Gasteiger partial charge on any atom is 0.573 e. The molecule has 1 heterocycles. The molecule has 0 radical (unpaired) electrons. The minimum atomic E-state index is -4.70. The standard InChI is InChI=1S/C18H24BrF3N2O.ClH/c1-2-3-4-5-6-16(24-11-9-23-10-12-24)15-13-14(19)7-8-17(15)25-18(20,21)22;/h2,7-8,13,16,23H,1,3-6,9-12H2;1H/t16-;/m0./s1. The quantitative estimate of drug-likeness (QED) is 0.414. The Labute approximate surface area is 167 Å². The molecule has 0 bridgehead atoms. The number of hydrogen-bond donors (Lipinski definition) is 1. The van der Waals surface area contributed by atoms with Gasteiger partial charge in [-0.3, -0.25) is 4.90 Å². The number of alkyl halides is 3. The van der Waals surface area contributed by atoms with Crippen LogP contribution in [0.15, 0.2) is 35.3 Å². The first kappa shape index (κ1) is 23.3. The van der Waals surface area contributed by atoms with E-state index in [0.717, 1.165) is 56.3 Å². The van der Waals surface area contributed by atoms with Crippen molar-refractivity contribution in [3.05, 3.63) is 40.9 Å². The first-order valence-corrected chi connectivity index (χ1v) is 9.31. The van der Waals surface area contributed by atoms with Crippen molar-refractivity contribution in [2.24, 2.45) is 0 Å². The first-order valence-electron chi connectivity index (χ1n) is 8.51. The molecule has 0 spiro atoms. The van der Waals surface area contributed by atoms with Gasteiger partial charge in [0.25, 0.3) is 0 Å². The second-order valence-corrected chi connectivity index (χ2v) is 7.02. The lowest BCUT2D eigenvalue weighted by molar-refractivity contribution is -0.275. The predicted molar refractivity (Wildman–Crippen MR) is 104 cm³/mol. The molecule has 148 valence electrons. The highest BCUT2D eigenvalue weighted by Gasteiger charge is 2.34. The molecule has 0 unspecified atom stereocenters. The normalized spacial score (nSPS) is 16.6. The monoisotopic (exact) mass is 456 g/mol. The molecular weight excluding hydrogens is 433 g/mol. The van der Waals surface area contributed by atoms with Crippen molar-refractivity contribution in [2.45, 2.75) is 38.1 Å². The SMILES string of the molecule is C=CCCCC[C@@H](c1cc(Br)ccc1OC(F)(F)F)N1CCNCC1.Cl. The van der Waals surface area contributed by atoms with Gasteiger partial charge in [-0.25, -0.2) is 0 Å². The van der Waals surface area contributed by atoms with Crippen molar-refractivity contribution in [3.63, 3.8) is 0 Å². The Morgan fingerprint density at radius 2 is 1.96 bits per heavy atom. The van der Waals surface area contributed by atoms with Crippen LogP contribution < -0.4 is 10.1 Å². The van der Waals surface area contributed by atoms with Crippen LogP contribution in [0.25, 0.3) is 0 Å². The van der Waals surface area contributed by atoms with Crippen molar-refractivity contribution in [2.75, 3.05) is 26.2 Å². The van der Waals surface area contributed by atoms with Crippen molar-refractivity contribution in [1.82, 2.24) is 10.2 Å². The number of rotatable bonds is 8. The molecule has 1 aromatic carbocycles. The fourth-order valence-corrected chi connectivity index (χ4v) is 3.53. The molecule has 1 aliphatic rings. The minimum absolute atomic E-state index is 0. The van der Waals surface area contributed by atoms with Gasteiger partial charge in [0.2, 0.25) is 0 Å². The van der Waals surface area contributed by atoms with Gasteiger partial charge in [0.1, 0.15) is 5.75 Å². The predicted octanol–water partition coefficient (Wildman–Crippen LogP) is 5.46. The largest absolute Gasteiger partial charge is 0.573 e. The summed E-state index contributed by atoms with van der Waals surface area (Å²) in [6, 6.07) is 4.63. The van der Waals surface area contributed by atoms with Crippen LogP contribution in [0.3, 0.4) is 0 Å². The number of nitrogens with zero attached hydrogens (tertiary/aromatic N) is 1. The Morgan fingerprint density at radius 3 is 2.58 bits per heavy atom. The van der Waals surface area contributed by atoms with Gasteiger partial charge in [0.15, 0.2) is 0 Å². The molecule has 1 saturated heterocycles. The summed E-state index contributed by atoms with van der Waals surface area (Å²) in [7, 11) is 0. The Morgan fingerprint density at radius 1 is 1.27 bits per heavy atom. The summed E-state index contributed by atoms with van der Waals surface area (Å²) in [5, 5.41) is 3.29. The van der Waals surface area contributed by atoms with Crippen LogP contribution in [0.1, 0.15) is 37.3 Å². The van der Waals surface area contributed by atoms with E-state index >= 15 is 0 Å². The summed E-state index contributed by atoms with van der Waals surface area (Å²) in [5.74, 6) is -0.108. The van der Waals surface area contributed by atoms with Crippen LogP contribution in [0.4, 0.5) is 13.2 Å². The molecule has 8 heteroatoms. The third-order valence-corrected chi connectivity index (χ3v) is 4.78. The zero-order chi connectivity index (χ0) is 18.3. The van der Waals surface area contributed by atoms with E-state index in [9.17, 15) is 13.2 Å². The Bertz CT molecular complexity index is 566. The van der Waals surface area contributed by atoms with Gasteiger partial charge in [-0.1, -0.05) is 28.4 Å². The van der Waals surface area contributed by atoms with Gasteiger partial charge in [0, 0.05) is 42.3 Å². The van der Waals surface area contributed by atoms with Crippen molar-refractivity contribution in [3.8, 4) is 5.75 Å². The highest BCUT2D eigenvalue weighted by Crippen LogP contribution is 2.37. The van der Waals surface area contributed by atoms with E-state index in [-0.39, 0.29) is 24.2 Å². The molecule has 1 atom stereocenters. The van der Waals surface area contributed by atoms with Crippen LogP contribution in [0.5, 0.6) is 5.75 Å². The maximum atomic E-state index is 12.8. The molecule has 0 aliphatic carbocycles. The van der Waals surface area contributed by atoms with Crippen LogP contribution in [-0.4, -0.2) is 37.4 Å². The second kappa shape index (κ2) is 11.2. The van der Waals surface area contributed by atoms with Gasteiger partial charge >= 0.3 is 6.36 Å². The molecule has 2 rings (SSSR count). The van der Waals surface area contributed by atoms with Gasteiger partial charge in [-0.15, -0.1) is 32.2 Å². The summed E-state index contributed by atoms with van der Waals surface area (Å²) >= 11 is 3.38. The highest BCUT2D eigenvalue weighted by atomic mass is 79.9. The maximum absolute atomic E-state index is 12.8. The molecule has 1 aromatic rings. The second-order valence-electron chi connectivity index (χ2n) is 6.10. The lowest BCUT2D eigenvalue weighted by atomic mass is 9.97. The molecule has 1 N–H and O–H groups in total. The minimum Gasteiger partial charge on any atom is -0.405 e. The van der Waals surface area contributed by atoms with Crippen LogP contribution in [-0.2, 0) is 0 Å². The number of halogens is 5. The van der Waals surface area contributed by atoms with Crippen molar-refractivity contribution in [1.29, 1.82) is 0 Å². The van der Waals surface area contributed by atoms with Gasteiger partial charge in [-0.05, 0) is 37.5 Å². The Hall–Kier alpha value is -0.760. The van der Waals surface area contributed by atoms with E-state index in [2.05, 4.69) is 37.5 Å². The van der Waals surface area contributed by atoms with E-state index in [0.29, 0.717) is 5.56 Å². The summed E-state index contributed by atoms with van der Waals surface area (Å²) < 4.78 is 43.5. The number of benzene rings is 1. The zero-order valence-electron chi connectivity index (χ0n) is 14.5. The summed E-state index contributed by atoms with van der Waals surface area (Å²) in [6.07, 6.45) is 0.794. The molecular formula is C18H25BrClF3N2O. The van der Waals surface area contributed by atoms with Crippen LogP contribution >= 0.6 is 28.3 Å². The number of nitrogens with one attached hydrogen (secondary N) is 1. The third-order valence-electron chi connectivity index (χ3n) is 4.28. The first-order chi connectivity index (χ1) is 11.9. The summed E-state index contributed by atoms with van der Waals surface area (Å²) in [4.78, 5) is 2.25. The number of allylic oxidation sites excluding steroid dienone is 1. The lowest BCUT2D eigenvalue weighted by Gasteiger charge is -2.36. The molecule has 0 amide bonds. The van der Waals surface area contributed by atoms with Crippen LogP contribution in [0, 0.1) is 0 Å². The third kappa shape index (κ3) is 7.47. The number of unbranched alkanes of at least 4 members (excludes halogenated alkanes) is 2. The number of ether oxygens (including phenoxy) is 1. The summed E-state index contributed by atoms with van der Waals surface area (Å²) in [5.41, 5.74) is 0.590. The van der Waals surface area contributed by atoms with Gasteiger partial charge in [0.05, 0.1) is 0 Å². The number of piperazine rings is 1. The van der Waals surface area contributed by atoms with Gasteiger partial charge in [-0.2, -0.15) is 0 Å². The Kier molecular flexibility index (Phi) is 10.00. The van der Waals surface area contributed by atoms with E-state index in [4.69, 9.17) is 0 Å². The van der Waals surface area contributed by atoms with Gasteiger partial charge < -0.3 is 10.1 Å². The molecule has 3 nitrogen and oxygen atoms in total. The fourth-order valence-electron chi connectivity index (χ4n) is 3.15. The average molecular weight is 458 g/mol. The Balaban J connectivity index is 0.00000338. The molecule has 1 fully saturated rings. The average Bonchev–Trinajstić information content (AvgIpc) is 2.56. The topological polar surface area (TPSA) is 24.5 Å². The van der Waals surface area contributed by atoms with E-state index in [1.165, 1.54) is 6.07 Å². The van der Waals surface area contributed by atoms with Crippen LogP contribution in [0.2, 0.25) is 0 Å². The van der Waals surface area contributed by atoms with Crippen molar-refractivity contribution < 1.29 is 17.9 Å². The van der Waals surface area contributed by atoms with Crippen molar-refractivity contribution >= 4 is 28.3 Å². The van der Waals surface area contributed by atoms with E-state index in [1.54, 1.807) is 12.1 Å². The smallest absolute Gasteiger partial charge is 0.405 e.